The van der Waals surface area contributed by atoms with Crippen molar-refractivity contribution >= 4 is 11.7 Å². The van der Waals surface area contributed by atoms with Crippen molar-refractivity contribution in [1.29, 1.82) is 0 Å². The molecule has 26 heavy (non-hydrogen) atoms. The number of unbranched alkanes of at least 4 members (excludes halogenated alkanes) is 1. The van der Waals surface area contributed by atoms with Gasteiger partial charge in [-0.15, -0.1) is 0 Å². The molecule has 0 aliphatic carbocycles. The zero-order valence-corrected chi connectivity index (χ0v) is 15.4. The number of nitrogens with one attached hydrogen (secondary N) is 1. The molecular formula is C21H27N3O2. The number of benzene rings is 2. The lowest BCUT2D eigenvalue weighted by Gasteiger charge is -2.34. The summed E-state index contributed by atoms with van der Waals surface area (Å²) in [6, 6.07) is 17.1. The molecule has 2 aromatic rings. The van der Waals surface area contributed by atoms with Gasteiger partial charge in [0.2, 0.25) is 0 Å². The van der Waals surface area contributed by atoms with Gasteiger partial charge in [-0.2, -0.15) is 0 Å². The first-order valence-electron chi connectivity index (χ1n) is 9.36. The van der Waals surface area contributed by atoms with Crippen LogP contribution in [0.5, 0.6) is 11.5 Å². The number of hydrogen-bond acceptors (Lipinski definition) is 3. The molecule has 2 amide bonds. The maximum Gasteiger partial charge on any atom is 0.321 e. The highest BCUT2D eigenvalue weighted by atomic mass is 16.5. The van der Waals surface area contributed by atoms with Crippen molar-refractivity contribution in [2.45, 2.75) is 19.8 Å². The topological polar surface area (TPSA) is 44.8 Å². The highest BCUT2D eigenvalue weighted by Gasteiger charge is 2.20. The van der Waals surface area contributed by atoms with Gasteiger partial charge < -0.3 is 15.0 Å². The first-order chi connectivity index (χ1) is 12.7. The van der Waals surface area contributed by atoms with E-state index in [4.69, 9.17) is 4.74 Å². The Bertz CT molecular complexity index is 680. The average molecular weight is 353 g/mol. The van der Waals surface area contributed by atoms with Gasteiger partial charge in [-0.3, -0.25) is 4.90 Å². The van der Waals surface area contributed by atoms with E-state index in [1.54, 1.807) is 0 Å². The second-order valence-corrected chi connectivity index (χ2v) is 6.55. The van der Waals surface area contributed by atoms with Crippen LogP contribution in [-0.4, -0.2) is 48.6 Å². The molecule has 0 aromatic heterocycles. The number of hydrogen-bond donors (Lipinski definition) is 1. The molecule has 1 fully saturated rings. The number of para-hydroxylation sites is 1. The lowest BCUT2D eigenvalue weighted by molar-refractivity contribution is 0.146. The monoisotopic (exact) mass is 353 g/mol. The molecule has 1 aliphatic heterocycles. The number of piperazine rings is 1. The van der Waals surface area contributed by atoms with Crippen molar-refractivity contribution in [3.8, 4) is 11.5 Å². The first kappa shape index (κ1) is 18.3. The van der Waals surface area contributed by atoms with E-state index < -0.39 is 0 Å². The third-order valence-corrected chi connectivity index (χ3v) is 4.57. The van der Waals surface area contributed by atoms with Crippen molar-refractivity contribution in [3.63, 3.8) is 0 Å². The van der Waals surface area contributed by atoms with E-state index in [9.17, 15) is 4.79 Å². The third-order valence-electron chi connectivity index (χ3n) is 4.57. The molecule has 1 aliphatic rings. The summed E-state index contributed by atoms with van der Waals surface area (Å²) in [5.74, 6) is 1.55. The van der Waals surface area contributed by atoms with E-state index >= 15 is 0 Å². The Hall–Kier alpha value is -2.53. The standard InChI is InChI=1S/C21H27N3O2/c1-2-3-13-23-14-16-24(17-15-23)21(25)22-18-9-11-20(12-10-18)26-19-7-5-4-6-8-19/h4-12H,2-3,13-17H2,1H3,(H,22,25). The summed E-state index contributed by atoms with van der Waals surface area (Å²) in [5.41, 5.74) is 0.781. The van der Waals surface area contributed by atoms with Crippen molar-refractivity contribution in [2.75, 3.05) is 38.0 Å². The van der Waals surface area contributed by atoms with Gasteiger partial charge >= 0.3 is 6.03 Å². The van der Waals surface area contributed by atoms with Gasteiger partial charge in [0.05, 0.1) is 0 Å². The fraction of sp³-hybridized carbons (Fsp3) is 0.381. The van der Waals surface area contributed by atoms with Crippen molar-refractivity contribution in [3.05, 3.63) is 54.6 Å². The quantitative estimate of drug-likeness (QED) is 0.836. The summed E-state index contributed by atoms with van der Waals surface area (Å²) in [6.45, 7) is 6.82. The third kappa shape index (κ3) is 5.23. The van der Waals surface area contributed by atoms with Crippen LogP contribution in [0.1, 0.15) is 19.8 Å². The van der Waals surface area contributed by atoms with Gasteiger partial charge in [-0.05, 0) is 49.4 Å². The minimum Gasteiger partial charge on any atom is -0.457 e. The molecule has 3 rings (SSSR count). The van der Waals surface area contributed by atoms with Gasteiger partial charge in [0.15, 0.2) is 0 Å². The molecule has 0 unspecified atom stereocenters. The van der Waals surface area contributed by atoms with Gasteiger partial charge in [0.25, 0.3) is 0 Å². The number of carbonyl (C=O) groups is 1. The Morgan fingerprint density at radius 2 is 1.62 bits per heavy atom. The zero-order chi connectivity index (χ0) is 18.2. The van der Waals surface area contributed by atoms with Gasteiger partial charge in [-0.25, -0.2) is 4.79 Å². The lowest BCUT2D eigenvalue weighted by atomic mass is 10.2. The Morgan fingerprint density at radius 3 is 2.27 bits per heavy atom. The molecule has 1 N–H and O–H groups in total. The van der Waals surface area contributed by atoms with E-state index in [2.05, 4.69) is 17.1 Å². The number of urea groups is 1. The fourth-order valence-electron chi connectivity index (χ4n) is 2.99. The molecule has 1 saturated heterocycles. The van der Waals surface area contributed by atoms with Gasteiger partial charge in [0.1, 0.15) is 11.5 Å². The molecule has 0 atom stereocenters. The Kier molecular flexibility index (Phi) is 6.50. The van der Waals surface area contributed by atoms with E-state index in [-0.39, 0.29) is 6.03 Å². The fourth-order valence-corrected chi connectivity index (χ4v) is 2.99. The van der Waals surface area contributed by atoms with E-state index in [1.807, 2.05) is 59.5 Å². The molecule has 0 saturated carbocycles. The molecule has 1 heterocycles. The highest BCUT2D eigenvalue weighted by molar-refractivity contribution is 5.89. The van der Waals surface area contributed by atoms with Crippen LogP contribution in [0.4, 0.5) is 10.5 Å². The summed E-state index contributed by atoms with van der Waals surface area (Å²) >= 11 is 0. The molecule has 5 nitrogen and oxygen atoms in total. The number of carbonyl (C=O) groups excluding carboxylic acids is 1. The van der Waals surface area contributed by atoms with Crippen LogP contribution in [0.15, 0.2) is 54.6 Å². The van der Waals surface area contributed by atoms with Crippen molar-refractivity contribution in [2.24, 2.45) is 0 Å². The molecular weight excluding hydrogens is 326 g/mol. The minimum absolute atomic E-state index is 0.0307. The second-order valence-electron chi connectivity index (χ2n) is 6.55. The number of amides is 2. The Morgan fingerprint density at radius 1 is 0.962 bits per heavy atom. The van der Waals surface area contributed by atoms with E-state index in [0.717, 1.165) is 49.9 Å². The Balaban J connectivity index is 1.47. The van der Waals surface area contributed by atoms with Crippen LogP contribution >= 0.6 is 0 Å². The van der Waals surface area contributed by atoms with Crippen LogP contribution in [0.2, 0.25) is 0 Å². The van der Waals surface area contributed by atoms with Gasteiger partial charge in [-0.1, -0.05) is 31.5 Å². The number of nitrogens with zero attached hydrogens (tertiary/aromatic N) is 2. The summed E-state index contributed by atoms with van der Waals surface area (Å²) in [7, 11) is 0. The minimum atomic E-state index is -0.0307. The SMILES string of the molecule is CCCCN1CCN(C(=O)Nc2ccc(Oc3ccccc3)cc2)CC1. The van der Waals surface area contributed by atoms with Crippen LogP contribution < -0.4 is 10.1 Å². The van der Waals surface area contributed by atoms with Crippen LogP contribution in [0.25, 0.3) is 0 Å². The Labute approximate surface area is 155 Å². The molecule has 5 heteroatoms. The van der Waals surface area contributed by atoms with Gasteiger partial charge in [0, 0.05) is 31.9 Å². The molecule has 0 spiro atoms. The molecule has 138 valence electrons. The van der Waals surface area contributed by atoms with E-state index in [0.29, 0.717) is 0 Å². The highest BCUT2D eigenvalue weighted by Crippen LogP contribution is 2.22. The van der Waals surface area contributed by atoms with Crippen LogP contribution in [0, 0.1) is 0 Å². The van der Waals surface area contributed by atoms with Crippen LogP contribution in [-0.2, 0) is 0 Å². The normalized spacial score (nSPS) is 14.9. The summed E-state index contributed by atoms with van der Waals surface area (Å²) in [6.07, 6.45) is 2.44. The molecule has 0 bridgehead atoms. The van der Waals surface area contributed by atoms with Crippen LogP contribution in [0.3, 0.4) is 0 Å². The number of anilines is 1. The van der Waals surface area contributed by atoms with E-state index in [1.165, 1.54) is 12.8 Å². The lowest BCUT2D eigenvalue weighted by Crippen LogP contribution is -2.50. The zero-order valence-electron chi connectivity index (χ0n) is 15.4. The summed E-state index contributed by atoms with van der Waals surface area (Å²) < 4.78 is 5.77. The number of rotatable bonds is 6. The molecule has 2 aromatic carbocycles. The first-order valence-corrected chi connectivity index (χ1v) is 9.36. The predicted octanol–water partition coefficient (Wildman–Crippen LogP) is 4.43. The smallest absolute Gasteiger partial charge is 0.321 e. The maximum atomic E-state index is 12.4. The van der Waals surface area contributed by atoms with Crippen molar-refractivity contribution < 1.29 is 9.53 Å². The summed E-state index contributed by atoms with van der Waals surface area (Å²) in [4.78, 5) is 16.7. The maximum absolute atomic E-state index is 12.4. The van der Waals surface area contributed by atoms with Crippen molar-refractivity contribution in [1.82, 2.24) is 9.80 Å². The summed E-state index contributed by atoms with van der Waals surface area (Å²) in [5, 5.41) is 2.97. The average Bonchev–Trinajstić information content (AvgIpc) is 2.69. The second kappa shape index (κ2) is 9.25. The molecule has 0 radical (unpaired) electrons. The predicted molar refractivity (Wildman–Crippen MR) is 105 cm³/mol. The largest absolute Gasteiger partial charge is 0.457 e. The number of ether oxygens (including phenoxy) is 1.